The van der Waals surface area contributed by atoms with Gasteiger partial charge in [0.1, 0.15) is 0 Å². The lowest BCUT2D eigenvalue weighted by molar-refractivity contribution is -0.0212. The average molecular weight is 125 g/mol. The number of hydrogen-bond acceptors (Lipinski definition) is 1. The van der Waals surface area contributed by atoms with Crippen molar-refractivity contribution >= 4 is 0 Å². The monoisotopic (exact) mass is 125 g/mol. The van der Waals surface area contributed by atoms with Gasteiger partial charge in [-0.15, -0.1) is 0 Å². The average Bonchev–Trinajstić information content (AvgIpc) is 1.87. The van der Waals surface area contributed by atoms with Crippen molar-refractivity contribution in [2.45, 2.75) is 13.3 Å². The number of piperidine rings is 2. The predicted molar refractivity (Wildman–Crippen MR) is 38.3 cm³/mol. The van der Waals surface area contributed by atoms with Gasteiger partial charge in [0.15, 0.2) is 0 Å². The van der Waals surface area contributed by atoms with Gasteiger partial charge < -0.3 is 4.90 Å². The fourth-order valence-corrected chi connectivity index (χ4v) is 2.36. The summed E-state index contributed by atoms with van der Waals surface area (Å²) in [4.78, 5) is 2.47. The molecule has 3 aliphatic rings. The van der Waals surface area contributed by atoms with Gasteiger partial charge in [-0.2, -0.15) is 0 Å². The van der Waals surface area contributed by atoms with Crippen molar-refractivity contribution in [3.8, 4) is 0 Å². The Kier molecular flexibility index (Phi) is 1.10. The SMILES string of the molecule is C[C@@H]1[C@@H]2C[C@H]1CN(C)C2. The Morgan fingerprint density at radius 2 is 1.78 bits per heavy atom. The molecule has 2 heterocycles. The molecule has 2 bridgehead atoms. The Morgan fingerprint density at radius 3 is 2.11 bits per heavy atom. The predicted octanol–water partition coefficient (Wildman–Crippen LogP) is 1.20. The molecule has 52 valence electrons. The molecular weight excluding hydrogens is 110 g/mol. The van der Waals surface area contributed by atoms with Gasteiger partial charge in [0.25, 0.3) is 0 Å². The molecule has 1 heteroatoms. The van der Waals surface area contributed by atoms with E-state index in [1.54, 1.807) is 0 Å². The molecular formula is C8H15N. The minimum absolute atomic E-state index is 1.04. The lowest BCUT2D eigenvalue weighted by atomic mass is 9.63. The second kappa shape index (κ2) is 1.72. The molecule has 2 saturated heterocycles. The Labute approximate surface area is 57.0 Å². The fraction of sp³-hybridized carbons (Fsp3) is 1.00. The van der Waals surface area contributed by atoms with Crippen LogP contribution in [0.1, 0.15) is 13.3 Å². The van der Waals surface area contributed by atoms with Gasteiger partial charge in [-0.1, -0.05) is 6.92 Å². The third-order valence-electron chi connectivity index (χ3n) is 3.19. The zero-order valence-corrected chi connectivity index (χ0v) is 6.30. The van der Waals surface area contributed by atoms with Gasteiger partial charge in [0, 0.05) is 13.1 Å². The number of rotatable bonds is 0. The van der Waals surface area contributed by atoms with Gasteiger partial charge in [0.05, 0.1) is 0 Å². The molecule has 0 aromatic heterocycles. The molecule has 3 fully saturated rings. The van der Waals surface area contributed by atoms with Crippen LogP contribution < -0.4 is 0 Å². The van der Waals surface area contributed by atoms with Crippen molar-refractivity contribution in [3.63, 3.8) is 0 Å². The van der Waals surface area contributed by atoms with Crippen LogP contribution in [0.25, 0.3) is 0 Å². The summed E-state index contributed by atoms with van der Waals surface area (Å²) in [6, 6.07) is 0. The highest BCUT2D eigenvalue weighted by atomic mass is 15.1. The number of fused-ring (bicyclic) bond motifs is 2. The Hall–Kier alpha value is -0.0400. The molecule has 0 amide bonds. The first kappa shape index (κ1) is 5.72. The molecule has 0 aromatic rings. The maximum absolute atomic E-state index is 2.47. The second-order valence-corrected chi connectivity index (χ2v) is 3.84. The molecule has 0 aromatic carbocycles. The van der Waals surface area contributed by atoms with Crippen LogP contribution in [0.4, 0.5) is 0 Å². The summed E-state index contributed by atoms with van der Waals surface area (Å²) in [5.41, 5.74) is 0. The third kappa shape index (κ3) is 0.710. The van der Waals surface area contributed by atoms with Crippen molar-refractivity contribution in [1.82, 2.24) is 4.90 Å². The Balaban J connectivity index is 2.01. The maximum Gasteiger partial charge on any atom is 0.000949 e. The first-order valence-electron chi connectivity index (χ1n) is 3.96. The van der Waals surface area contributed by atoms with Crippen molar-refractivity contribution in [1.29, 1.82) is 0 Å². The standard InChI is InChI=1S/C8H15N/c1-6-7-3-8(6)5-9(2)4-7/h6-8H,3-5H2,1-2H3/t6-,7-,8+. The van der Waals surface area contributed by atoms with Crippen molar-refractivity contribution in [2.75, 3.05) is 20.1 Å². The van der Waals surface area contributed by atoms with E-state index in [4.69, 9.17) is 0 Å². The summed E-state index contributed by atoms with van der Waals surface area (Å²) >= 11 is 0. The zero-order chi connectivity index (χ0) is 6.43. The normalized spacial score (nSPS) is 50.7. The first-order chi connectivity index (χ1) is 4.27. The van der Waals surface area contributed by atoms with Crippen molar-refractivity contribution < 1.29 is 0 Å². The topological polar surface area (TPSA) is 3.24 Å². The van der Waals surface area contributed by atoms with Crippen molar-refractivity contribution in [3.05, 3.63) is 0 Å². The molecule has 1 nitrogen and oxygen atoms in total. The van der Waals surface area contributed by atoms with E-state index in [-0.39, 0.29) is 0 Å². The van der Waals surface area contributed by atoms with E-state index in [2.05, 4.69) is 18.9 Å². The van der Waals surface area contributed by atoms with Gasteiger partial charge in [-0.3, -0.25) is 0 Å². The number of nitrogens with zero attached hydrogens (tertiary/aromatic N) is 1. The maximum atomic E-state index is 2.47. The zero-order valence-electron chi connectivity index (χ0n) is 6.30. The van der Waals surface area contributed by atoms with Crippen LogP contribution in [0.3, 0.4) is 0 Å². The van der Waals surface area contributed by atoms with Crippen LogP contribution in [-0.4, -0.2) is 25.0 Å². The van der Waals surface area contributed by atoms with E-state index in [9.17, 15) is 0 Å². The van der Waals surface area contributed by atoms with Gasteiger partial charge in [0.2, 0.25) is 0 Å². The molecule has 0 radical (unpaired) electrons. The summed E-state index contributed by atoms with van der Waals surface area (Å²) < 4.78 is 0. The van der Waals surface area contributed by atoms with Crippen LogP contribution in [0.5, 0.6) is 0 Å². The van der Waals surface area contributed by atoms with E-state index in [1.165, 1.54) is 19.5 Å². The van der Waals surface area contributed by atoms with Crippen LogP contribution >= 0.6 is 0 Å². The highest BCUT2D eigenvalue weighted by molar-refractivity contribution is 4.93. The largest absolute Gasteiger partial charge is 0.306 e. The minimum Gasteiger partial charge on any atom is -0.306 e. The summed E-state index contributed by atoms with van der Waals surface area (Å²) in [5.74, 6) is 3.14. The Morgan fingerprint density at radius 1 is 1.22 bits per heavy atom. The van der Waals surface area contributed by atoms with Gasteiger partial charge in [-0.05, 0) is 31.2 Å². The molecule has 9 heavy (non-hydrogen) atoms. The molecule has 3 atom stereocenters. The summed E-state index contributed by atoms with van der Waals surface area (Å²) in [7, 11) is 2.24. The van der Waals surface area contributed by atoms with E-state index >= 15 is 0 Å². The van der Waals surface area contributed by atoms with Crippen molar-refractivity contribution in [2.24, 2.45) is 17.8 Å². The fourth-order valence-electron chi connectivity index (χ4n) is 2.36. The molecule has 0 N–H and O–H groups in total. The van der Waals surface area contributed by atoms with Crippen LogP contribution in [0, 0.1) is 17.8 Å². The molecule has 0 spiro atoms. The van der Waals surface area contributed by atoms with E-state index in [0.29, 0.717) is 0 Å². The quantitative estimate of drug-likeness (QED) is 0.470. The van der Waals surface area contributed by atoms with Crippen LogP contribution in [-0.2, 0) is 0 Å². The lowest BCUT2D eigenvalue weighted by Crippen LogP contribution is -2.52. The molecule has 2 aliphatic heterocycles. The third-order valence-corrected chi connectivity index (χ3v) is 3.19. The van der Waals surface area contributed by atoms with E-state index < -0.39 is 0 Å². The smallest absolute Gasteiger partial charge is 0.000949 e. The highest BCUT2D eigenvalue weighted by Gasteiger charge is 2.42. The van der Waals surface area contributed by atoms with E-state index in [1.807, 2.05) is 0 Å². The van der Waals surface area contributed by atoms with Gasteiger partial charge in [-0.25, -0.2) is 0 Å². The summed E-state index contributed by atoms with van der Waals surface area (Å²) in [5, 5.41) is 0. The molecule has 3 rings (SSSR count). The first-order valence-corrected chi connectivity index (χ1v) is 3.96. The van der Waals surface area contributed by atoms with E-state index in [0.717, 1.165) is 17.8 Å². The minimum atomic E-state index is 1.04. The Bertz CT molecular complexity index is 110. The summed E-state index contributed by atoms with van der Waals surface area (Å²) in [6.45, 7) is 5.13. The molecule has 0 unspecified atom stereocenters. The summed E-state index contributed by atoms with van der Waals surface area (Å²) in [6.07, 6.45) is 1.52. The van der Waals surface area contributed by atoms with Crippen LogP contribution in [0.15, 0.2) is 0 Å². The lowest BCUT2D eigenvalue weighted by Gasteiger charge is -2.51. The second-order valence-electron chi connectivity index (χ2n) is 3.84. The molecule has 1 aliphatic carbocycles. The highest BCUT2D eigenvalue weighted by Crippen LogP contribution is 2.44. The van der Waals surface area contributed by atoms with Gasteiger partial charge >= 0.3 is 0 Å². The van der Waals surface area contributed by atoms with Crippen LogP contribution in [0.2, 0.25) is 0 Å². The number of hydrogen-bond donors (Lipinski definition) is 0. The molecule has 1 saturated carbocycles.